The smallest absolute Gasteiger partial charge is 0.101 e. The number of hydrogen-bond acceptors (Lipinski definition) is 2. The molecular weight excluding hydrogens is 381 g/mol. The number of nitrogens with zero attached hydrogens (tertiary/aromatic N) is 2. The summed E-state index contributed by atoms with van der Waals surface area (Å²) in [5.74, 6) is 0. The van der Waals surface area contributed by atoms with Crippen molar-refractivity contribution in [3.05, 3.63) is 48.8 Å². The van der Waals surface area contributed by atoms with Crippen LogP contribution >= 0.6 is 0 Å². The van der Waals surface area contributed by atoms with Gasteiger partial charge in [0.25, 0.3) is 0 Å². The van der Waals surface area contributed by atoms with Crippen LogP contribution in [-0.2, 0) is 0 Å². The van der Waals surface area contributed by atoms with Crippen LogP contribution in [0.25, 0.3) is 0 Å². The van der Waals surface area contributed by atoms with Gasteiger partial charge in [0.1, 0.15) is 16.1 Å². The molecule has 142 valence electrons. The van der Waals surface area contributed by atoms with Gasteiger partial charge in [-0.25, -0.2) is 0 Å². The highest BCUT2D eigenvalue weighted by Gasteiger charge is 2.48. The van der Waals surface area contributed by atoms with Gasteiger partial charge >= 0.3 is 0 Å². The van der Waals surface area contributed by atoms with E-state index in [0.717, 1.165) is 0 Å². The summed E-state index contributed by atoms with van der Waals surface area (Å²) in [5.41, 5.74) is 2.89. The Bertz CT molecular complexity index is 650. The fraction of sp³-hybridized carbons (Fsp3) is 0.500. The van der Waals surface area contributed by atoms with Gasteiger partial charge in [0.2, 0.25) is 0 Å². The first kappa shape index (κ1) is 21.5. The van der Waals surface area contributed by atoms with E-state index in [0.29, 0.717) is 0 Å². The zero-order valence-electron chi connectivity index (χ0n) is 17.9. The lowest BCUT2D eigenvalue weighted by molar-refractivity contribution is 1.35. The number of hydrogen-bond donors (Lipinski definition) is 0. The Balaban J connectivity index is 2.23. The molecule has 0 radical (unpaired) electrons. The molecule has 26 heavy (non-hydrogen) atoms. The van der Waals surface area contributed by atoms with Gasteiger partial charge in [0.15, 0.2) is 0 Å². The number of rotatable bonds is 7. The first-order valence-corrected chi connectivity index (χ1v) is 23.5. The lowest BCUT2D eigenvalue weighted by Gasteiger charge is -2.45. The summed E-state index contributed by atoms with van der Waals surface area (Å²) in [6.45, 7) is 20.8. The minimum atomic E-state index is -1.49. The second-order valence-electron chi connectivity index (χ2n) is 10.3. The van der Waals surface area contributed by atoms with Crippen molar-refractivity contribution in [2.45, 2.75) is 63.7 Å². The Morgan fingerprint density at radius 1 is 0.577 bits per heavy atom. The molecule has 0 fully saturated rings. The van der Waals surface area contributed by atoms with E-state index in [1.165, 1.54) is 22.0 Å². The zero-order valence-corrected chi connectivity index (χ0v) is 21.9. The molecule has 0 atom stereocenters. The fourth-order valence-corrected chi connectivity index (χ4v) is 45.9. The molecule has 2 heterocycles. The molecule has 0 aliphatic heterocycles. The second kappa shape index (κ2) is 7.65. The highest BCUT2D eigenvalue weighted by Crippen LogP contribution is 2.33. The van der Waals surface area contributed by atoms with Crippen molar-refractivity contribution < 1.29 is 0 Å². The van der Waals surface area contributed by atoms with E-state index in [2.05, 4.69) is 76.6 Å². The van der Waals surface area contributed by atoms with E-state index >= 15 is 0 Å². The monoisotopic (exact) mass is 416 g/mol. The van der Waals surface area contributed by atoms with Crippen molar-refractivity contribution in [2.75, 3.05) is 0 Å². The predicted molar refractivity (Wildman–Crippen MR) is 127 cm³/mol. The van der Waals surface area contributed by atoms with Gasteiger partial charge in [0.05, 0.1) is 0 Å². The Hall–Kier alpha value is -0.832. The number of pyridine rings is 2. The van der Waals surface area contributed by atoms with E-state index < -0.39 is 31.3 Å². The molecule has 0 amide bonds. The number of aromatic nitrogens is 2. The van der Waals surface area contributed by atoms with Crippen molar-refractivity contribution in [2.24, 2.45) is 0 Å². The summed E-state index contributed by atoms with van der Waals surface area (Å²) in [7, 11) is -5.64. The topological polar surface area (TPSA) is 25.8 Å². The van der Waals surface area contributed by atoms with Gasteiger partial charge in [-0.05, 0) is 24.3 Å². The van der Waals surface area contributed by atoms with Gasteiger partial charge in [-0.15, -0.1) is 0 Å². The first-order chi connectivity index (χ1) is 11.9. The van der Waals surface area contributed by atoms with Crippen molar-refractivity contribution in [3.63, 3.8) is 0 Å². The lowest BCUT2D eigenvalue weighted by atomic mass is 10.5. The van der Waals surface area contributed by atoms with Gasteiger partial charge in [-0.1, -0.05) is 75.8 Å². The average Bonchev–Trinajstić information content (AvgIpc) is 2.54. The summed E-state index contributed by atoms with van der Waals surface area (Å²) >= 11 is 0. The summed E-state index contributed by atoms with van der Waals surface area (Å²) in [5, 5.41) is 2.76. The third-order valence-electron chi connectivity index (χ3n) is 6.32. The molecular formula is C20H36N2Si4. The van der Waals surface area contributed by atoms with Gasteiger partial charge < -0.3 is 0 Å². The third-order valence-corrected chi connectivity index (χ3v) is 41.7. The molecule has 2 rings (SSSR count). The van der Waals surface area contributed by atoms with Crippen LogP contribution in [0.3, 0.4) is 0 Å². The Labute approximate surface area is 164 Å². The molecule has 2 nitrogen and oxygen atoms in total. The molecule has 0 saturated carbocycles. The summed E-state index contributed by atoms with van der Waals surface area (Å²) in [4.78, 5) is 9.47. The lowest BCUT2D eigenvalue weighted by Crippen LogP contribution is -2.65. The Morgan fingerprint density at radius 2 is 0.923 bits per heavy atom. The molecule has 6 heteroatoms. The molecule has 0 unspecified atom stereocenters. The van der Waals surface area contributed by atoms with Gasteiger partial charge in [-0.2, -0.15) is 0 Å². The van der Waals surface area contributed by atoms with Gasteiger partial charge in [0, 0.05) is 38.2 Å². The Morgan fingerprint density at radius 3 is 1.19 bits per heavy atom. The van der Waals surface area contributed by atoms with Crippen LogP contribution in [0.15, 0.2) is 48.8 Å². The third kappa shape index (κ3) is 4.91. The maximum atomic E-state index is 4.74. The minimum Gasteiger partial charge on any atom is -0.266 e. The van der Waals surface area contributed by atoms with E-state index in [1.807, 2.05) is 24.5 Å². The van der Waals surface area contributed by atoms with Crippen molar-refractivity contribution >= 4 is 42.0 Å². The normalized spacial score (nSPS) is 13.7. The highest BCUT2D eigenvalue weighted by molar-refractivity contribution is 7.45. The van der Waals surface area contributed by atoms with Crippen LogP contribution in [0.1, 0.15) is 0 Å². The molecule has 0 aliphatic carbocycles. The maximum Gasteiger partial charge on any atom is 0.101 e. The Kier molecular flexibility index (Phi) is 6.32. The van der Waals surface area contributed by atoms with Crippen LogP contribution in [0.4, 0.5) is 0 Å². The van der Waals surface area contributed by atoms with Crippen LogP contribution in [0.2, 0.25) is 63.7 Å². The summed E-state index contributed by atoms with van der Waals surface area (Å²) < 4.78 is 0. The van der Waals surface area contributed by atoms with Crippen LogP contribution < -0.4 is 10.6 Å². The van der Waals surface area contributed by atoms with E-state index in [1.54, 1.807) is 0 Å². The van der Waals surface area contributed by atoms with Crippen LogP contribution in [0, 0.1) is 0 Å². The van der Waals surface area contributed by atoms with Crippen LogP contribution in [-0.4, -0.2) is 41.3 Å². The molecule has 0 bridgehead atoms. The SMILES string of the molecule is C[Si](C)(C[Si](C)(C)[Si](C)(C)C[Si](C)(C)c1ccccn1)c1ccccn1. The minimum absolute atomic E-state index is 1.32. The fourth-order valence-electron chi connectivity index (χ4n) is 4.40. The van der Waals surface area contributed by atoms with Crippen molar-refractivity contribution in [3.8, 4) is 0 Å². The largest absolute Gasteiger partial charge is 0.266 e. The van der Waals surface area contributed by atoms with E-state index in [-0.39, 0.29) is 0 Å². The molecule has 0 saturated heterocycles. The molecule has 2 aromatic rings. The molecule has 0 spiro atoms. The maximum absolute atomic E-state index is 4.74. The van der Waals surface area contributed by atoms with Crippen molar-refractivity contribution in [1.82, 2.24) is 9.97 Å². The zero-order chi connectivity index (χ0) is 19.6. The van der Waals surface area contributed by atoms with Crippen molar-refractivity contribution in [1.29, 1.82) is 0 Å². The summed E-state index contributed by atoms with van der Waals surface area (Å²) in [6.07, 6.45) is 3.94. The van der Waals surface area contributed by atoms with Gasteiger partial charge in [-0.3, -0.25) is 9.97 Å². The molecule has 0 aromatic carbocycles. The van der Waals surface area contributed by atoms with E-state index in [9.17, 15) is 0 Å². The highest BCUT2D eigenvalue weighted by atomic mass is 29.3. The first-order valence-electron chi connectivity index (χ1n) is 9.71. The quantitative estimate of drug-likeness (QED) is 0.617. The predicted octanol–water partition coefficient (Wildman–Crippen LogP) is 4.58. The standard InChI is InChI=1S/C20H36N2Si4/c1-23(2,19-13-9-11-15-21-19)17-25(5,6)26(7,8)18-24(3,4)20-14-10-12-16-22-20/h9-16H,17-18H2,1-8H3. The second-order valence-corrected chi connectivity index (χ2v) is 37.4. The molecule has 2 aromatic heterocycles. The molecule has 0 aliphatic rings. The van der Waals surface area contributed by atoms with Crippen LogP contribution in [0.5, 0.6) is 0 Å². The molecule has 0 N–H and O–H groups in total. The summed E-state index contributed by atoms with van der Waals surface area (Å²) in [6, 6.07) is 12.9. The average molecular weight is 417 g/mol. The van der Waals surface area contributed by atoms with E-state index in [4.69, 9.17) is 9.97 Å².